The highest BCUT2D eigenvalue weighted by molar-refractivity contribution is 7.98. The zero-order valence-corrected chi connectivity index (χ0v) is 13.4. The van der Waals surface area contributed by atoms with Crippen LogP contribution in [-0.4, -0.2) is 30.7 Å². The standard InChI is InChI=1S/C15H18F2O4S/c1-4-12(18)21-13(15(16,17)14(19)20-5-2)10-6-8-11(22-3)9-7-10/h6-9,13H,4-5H2,1-3H3/t13-/m0/s1. The van der Waals surface area contributed by atoms with Crippen molar-refractivity contribution in [1.29, 1.82) is 0 Å². The molecule has 0 bridgehead atoms. The fourth-order valence-electron chi connectivity index (χ4n) is 1.68. The van der Waals surface area contributed by atoms with Crippen molar-refractivity contribution in [3.8, 4) is 0 Å². The first-order valence-corrected chi connectivity index (χ1v) is 7.97. The minimum Gasteiger partial charge on any atom is -0.461 e. The Morgan fingerprint density at radius 3 is 2.27 bits per heavy atom. The van der Waals surface area contributed by atoms with Gasteiger partial charge in [0.1, 0.15) is 0 Å². The van der Waals surface area contributed by atoms with Gasteiger partial charge in [0.25, 0.3) is 0 Å². The summed E-state index contributed by atoms with van der Waals surface area (Å²) in [5.41, 5.74) is 0.0395. The molecule has 1 atom stereocenters. The SMILES string of the molecule is CCOC(=O)C(F)(F)[C@@H](OC(=O)CC)c1ccc(SC)cc1. The highest BCUT2D eigenvalue weighted by atomic mass is 32.2. The summed E-state index contributed by atoms with van der Waals surface area (Å²) in [5.74, 6) is -6.48. The lowest BCUT2D eigenvalue weighted by Gasteiger charge is -2.25. The number of hydrogen-bond acceptors (Lipinski definition) is 5. The van der Waals surface area contributed by atoms with Crippen LogP contribution in [0, 0.1) is 0 Å². The maximum atomic E-state index is 14.3. The van der Waals surface area contributed by atoms with Crippen molar-refractivity contribution >= 4 is 23.7 Å². The van der Waals surface area contributed by atoms with E-state index in [1.807, 2.05) is 6.26 Å². The van der Waals surface area contributed by atoms with Gasteiger partial charge in [-0.2, -0.15) is 8.78 Å². The average Bonchev–Trinajstić information content (AvgIpc) is 2.52. The minimum atomic E-state index is -3.96. The fourth-order valence-corrected chi connectivity index (χ4v) is 2.09. The molecular formula is C15H18F2O4S. The van der Waals surface area contributed by atoms with Gasteiger partial charge in [-0.15, -0.1) is 11.8 Å². The predicted octanol–water partition coefficient (Wildman–Crippen LogP) is 3.60. The van der Waals surface area contributed by atoms with Crippen LogP contribution in [0.5, 0.6) is 0 Å². The minimum absolute atomic E-state index is 0.0395. The molecule has 0 saturated carbocycles. The number of esters is 2. The van der Waals surface area contributed by atoms with Crippen molar-refractivity contribution in [2.45, 2.75) is 37.2 Å². The molecule has 0 fully saturated rings. The number of rotatable bonds is 7. The lowest BCUT2D eigenvalue weighted by molar-refractivity contribution is -0.199. The first-order valence-electron chi connectivity index (χ1n) is 6.75. The molecule has 0 unspecified atom stereocenters. The number of carbonyl (C=O) groups excluding carboxylic acids is 2. The predicted molar refractivity (Wildman–Crippen MR) is 78.9 cm³/mol. The number of alkyl halides is 2. The Morgan fingerprint density at radius 2 is 1.82 bits per heavy atom. The molecule has 0 amide bonds. The van der Waals surface area contributed by atoms with Crippen molar-refractivity contribution in [1.82, 2.24) is 0 Å². The topological polar surface area (TPSA) is 52.6 Å². The zero-order chi connectivity index (χ0) is 16.8. The molecule has 4 nitrogen and oxygen atoms in total. The Balaban J connectivity index is 3.15. The summed E-state index contributed by atoms with van der Waals surface area (Å²) in [6.45, 7) is 2.72. The van der Waals surface area contributed by atoms with Crippen LogP contribution in [0.2, 0.25) is 0 Å². The van der Waals surface area contributed by atoms with Gasteiger partial charge in [-0.05, 0) is 30.9 Å². The van der Waals surface area contributed by atoms with Crippen LogP contribution in [-0.2, 0) is 19.1 Å². The quantitative estimate of drug-likeness (QED) is 0.564. The van der Waals surface area contributed by atoms with Crippen molar-refractivity contribution in [2.75, 3.05) is 12.9 Å². The molecule has 0 spiro atoms. The van der Waals surface area contributed by atoms with E-state index in [0.717, 1.165) is 4.90 Å². The van der Waals surface area contributed by atoms with Crippen LogP contribution in [0.25, 0.3) is 0 Å². The Bertz CT molecular complexity index is 517. The van der Waals surface area contributed by atoms with Crippen LogP contribution in [0.4, 0.5) is 8.78 Å². The summed E-state index contributed by atoms with van der Waals surface area (Å²) in [5, 5.41) is 0. The molecule has 0 aliphatic carbocycles. The summed E-state index contributed by atoms with van der Waals surface area (Å²) in [7, 11) is 0. The molecule has 0 N–H and O–H groups in total. The number of carbonyl (C=O) groups is 2. The molecule has 0 saturated heterocycles. The molecule has 1 rings (SSSR count). The Morgan fingerprint density at radius 1 is 1.23 bits per heavy atom. The van der Waals surface area contributed by atoms with Gasteiger partial charge in [0, 0.05) is 11.3 Å². The number of hydrogen-bond donors (Lipinski definition) is 0. The van der Waals surface area contributed by atoms with Crippen molar-refractivity contribution in [3.05, 3.63) is 29.8 Å². The Kier molecular flexibility index (Phi) is 6.80. The summed E-state index contributed by atoms with van der Waals surface area (Å²) in [4.78, 5) is 23.8. The third kappa shape index (κ3) is 4.43. The number of ether oxygens (including phenoxy) is 2. The molecule has 7 heteroatoms. The fraction of sp³-hybridized carbons (Fsp3) is 0.467. The summed E-state index contributed by atoms with van der Waals surface area (Å²) >= 11 is 1.44. The molecule has 0 aliphatic rings. The molecular weight excluding hydrogens is 314 g/mol. The number of thioether (sulfide) groups is 1. The lowest BCUT2D eigenvalue weighted by Crippen LogP contribution is -2.39. The summed E-state index contributed by atoms with van der Waals surface area (Å²) in [6, 6.07) is 6.06. The van der Waals surface area contributed by atoms with Gasteiger partial charge in [0.2, 0.25) is 6.10 Å². The third-order valence-electron chi connectivity index (χ3n) is 2.83. The second kappa shape index (κ2) is 8.12. The highest BCUT2D eigenvalue weighted by Gasteiger charge is 2.52. The van der Waals surface area contributed by atoms with Crippen molar-refractivity contribution in [2.24, 2.45) is 0 Å². The van der Waals surface area contributed by atoms with E-state index >= 15 is 0 Å². The van der Waals surface area contributed by atoms with Crippen LogP contribution in [0.3, 0.4) is 0 Å². The monoisotopic (exact) mass is 332 g/mol. The van der Waals surface area contributed by atoms with Crippen LogP contribution in [0.15, 0.2) is 29.2 Å². The van der Waals surface area contributed by atoms with E-state index in [9.17, 15) is 18.4 Å². The third-order valence-corrected chi connectivity index (χ3v) is 3.58. The molecule has 0 heterocycles. The Labute approximate surface area is 132 Å². The first-order chi connectivity index (χ1) is 10.4. The van der Waals surface area contributed by atoms with Crippen LogP contribution >= 0.6 is 11.8 Å². The first kappa shape index (κ1) is 18.4. The van der Waals surface area contributed by atoms with Crippen molar-refractivity contribution in [3.63, 3.8) is 0 Å². The van der Waals surface area contributed by atoms with E-state index in [0.29, 0.717) is 0 Å². The number of halogens is 2. The van der Waals surface area contributed by atoms with E-state index in [-0.39, 0.29) is 18.6 Å². The largest absolute Gasteiger partial charge is 0.461 e. The van der Waals surface area contributed by atoms with Crippen LogP contribution < -0.4 is 0 Å². The summed E-state index contributed by atoms with van der Waals surface area (Å²) in [6.07, 6.45) is -0.232. The van der Waals surface area contributed by atoms with Gasteiger partial charge in [0.15, 0.2) is 0 Å². The molecule has 22 heavy (non-hydrogen) atoms. The molecule has 0 radical (unpaired) electrons. The van der Waals surface area contributed by atoms with Gasteiger partial charge >= 0.3 is 17.9 Å². The lowest BCUT2D eigenvalue weighted by atomic mass is 10.0. The van der Waals surface area contributed by atoms with E-state index in [2.05, 4.69) is 4.74 Å². The van der Waals surface area contributed by atoms with Gasteiger partial charge in [0.05, 0.1) is 6.61 Å². The van der Waals surface area contributed by atoms with E-state index in [4.69, 9.17) is 4.74 Å². The zero-order valence-electron chi connectivity index (χ0n) is 12.6. The second-order valence-corrected chi connectivity index (χ2v) is 5.22. The van der Waals surface area contributed by atoms with E-state index in [1.165, 1.54) is 37.7 Å². The second-order valence-electron chi connectivity index (χ2n) is 4.34. The van der Waals surface area contributed by atoms with Crippen LogP contribution in [0.1, 0.15) is 31.9 Å². The molecule has 1 aromatic carbocycles. The maximum absolute atomic E-state index is 14.3. The molecule has 0 aromatic heterocycles. The smallest absolute Gasteiger partial charge is 0.382 e. The summed E-state index contributed by atoms with van der Waals surface area (Å²) < 4.78 is 37.7. The van der Waals surface area contributed by atoms with E-state index in [1.54, 1.807) is 12.1 Å². The average molecular weight is 332 g/mol. The number of benzene rings is 1. The van der Waals surface area contributed by atoms with Gasteiger partial charge in [-0.3, -0.25) is 4.79 Å². The normalized spacial score (nSPS) is 12.6. The Hall–Kier alpha value is -1.63. The van der Waals surface area contributed by atoms with Crippen molar-refractivity contribution < 1.29 is 27.8 Å². The molecule has 0 aliphatic heterocycles. The molecule has 122 valence electrons. The highest BCUT2D eigenvalue weighted by Crippen LogP contribution is 2.36. The van der Waals surface area contributed by atoms with Gasteiger partial charge < -0.3 is 9.47 Å². The van der Waals surface area contributed by atoms with Gasteiger partial charge in [-0.25, -0.2) is 4.79 Å². The van der Waals surface area contributed by atoms with E-state index < -0.39 is 24.0 Å². The molecule has 1 aromatic rings. The maximum Gasteiger partial charge on any atom is 0.382 e. The van der Waals surface area contributed by atoms with Gasteiger partial charge in [-0.1, -0.05) is 19.1 Å².